The van der Waals surface area contributed by atoms with Crippen molar-refractivity contribution in [2.75, 3.05) is 57.7 Å². The summed E-state index contributed by atoms with van der Waals surface area (Å²) in [5, 5.41) is 28.0. The van der Waals surface area contributed by atoms with Gasteiger partial charge in [0.05, 0.1) is 17.3 Å². The van der Waals surface area contributed by atoms with Gasteiger partial charge >= 0.3 is 6.09 Å². The SMILES string of the molecule is O=C(Nc1ccccc1-c1ccccc1)OC1CCN(CCCN2CCC(CNC[C@@H](O)c3ccc(O)c4[nH]c(=O)ccc34)CC2)CC1. The van der Waals surface area contributed by atoms with E-state index in [2.05, 4.69) is 25.4 Å². The van der Waals surface area contributed by atoms with Crippen LogP contribution in [0.4, 0.5) is 10.5 Å². The number of rotatable bonds is 12. The van der Waals surface area contributed by atoms with Crippen molar-refractivity contribution in [2.45, 2.75) is 44.3 Å². The predicted molar refractivity (Wildman–Crippen MR) is 189 cm³/mol. The first-order valence-corrected chi connectivity index (χ1v) is 17.2. The minimum atomic E-state index is -0.740. The minimum absolute atomic E-state index is 0.00346. The fourth-order valence-corrected chi connectivity index (χ4v) is 7.02. The van der Waals surface area contributed by atoms with E-state index in [-0.39, 0.29) is 17.4 Å². The first kappa shape index (κ1) is 33.7. The highest BCUT2D eigenvalue weighted by atomic mass is 16.6. The second-order valence-corrected chi connectivity index (χ2v) is 13.1. The fourth-order valence-electron chi connectivity index (χ4n) is 7.02. The zero-order valence-corrected chi connectivity index (χ0v) is 27.4. The van der Waals surface area contributed by atoms with Crippen LogP contribution in [0.25, 0.3) is 22.0 Å². The van der Waals surface area contributed by atoms with Crippen LogP contribution in [0, 0.1) is 5.92 Å². The summed E-state index contributed by atoms with van der Waals surface area (Å²) >= 11 is 0. The number of nitrogens with one attached hydrogen (secondary N) is 3. The molecule has 0 aliphatic carbocycles. The number of phenols is 1. The number of likely N-dealkylation sites (tertiary alicyclic amines) is 2. The van der Waals surface area contributed by atoms with Crippen LogP contribution in [0.3, 0.4) is 0 Å². The number of aromatic amines is 1. The van der Waals surface area contributed by atoms with Crippen LogP contribution in [-0.2, 0) is 4.74 Å². The number of nitrogens with zero attached hydrogens (tertiary/aromatic N) is 2. The zero-order chi connectivity index (χ0) is 33.3. The Hall–Kier alpha value is -4.22. The highest BCUT2D eigenvalue weighted by molar-refractivity contribution is 5.91. The Morgan fingerprint density at radius 2 is 1.56 bits per heavy atom. The summed E-state index contributed by atoms with van der Waals surface area (Å²) in [6.07, 6.45) is 3.90. The summed E-state index contributed by atoms with van der Waals surface area (Å²) in [5.74, 6) is 0.570. The molecule has 3 heterocycles. The zero-order valence-electron chi connectivity index (χ0n) is 27.4. The molecule has 2 aliphatic heterocycles. The molecule has 6 rings (SSSR count). The van der Waals surface area contributed by atoms with Crippen molar-refractivity contribution in [1.29, 1.82) is 0 Å². The average Bonchev–Trinajstić information content (AvgIpc) is 3.10. The summed E-state index contributed by atoms with van der Waals surface area (Å²) in [7, 11) is 0. The van der Waals surface area contributed by atoms with E-state index < -0.39 is 12.2 Å². The summed E-state index contributed by atoms with van der Waals surface area (Å²) in [4.78, 5) is 32.1. The number of H-pyrrole nitrogens is 1. The van der Waals surface area contributed by atoms with Crippen LogP contribution in [0.2, 0.25) is 0 Å². The molecule has 10 nitrogen and oxygen atoms in total. The number of hydrogen-bond acceptors (Lipinski definition) is 8. The maximum Gasteiger partial charge on any atom is 0.411 e. The third-order valence-electron chi connectivity index (χ3n) is 9.75. The Kier molecular flexibility index (Phi) is 11.4. The number of aliphatic hydroxyl groups excluding tert-OH is 1. The van der Waals surface area contributed by atoms with Gasteiger partial charge in [0.15, 0.2) is 0 Å². The van der Waals surface area contributed by atoms with Gasteiger partial charge in [0, 0.05) is 36.7 Å². The lowest BCUT2D eigenvalue weighted by molar-refractivity contribution is 0.0572. The highest BCUT2D eigenvalue weighted by Gasteiger charge is 2.24. The lowest BCUT2D eigenvalue weighted by Crippen LogP contribution is -2.41. The van der Waals surface area contributed by atoms with E-state index in [1.54, 1.807) is 12.1 Å². The van der Waals surface area contributed by atoms with Crippen LogP contribution in [-0.4, -0.2) is 89.6 Å². The molecule has 0 spiro atoms. The third-order valence-corrected chi connectivity index (χ3v) is 9.75. The van der Waals surface area contributed by atoms with Gasteiger partial charge in [-0.3, -0.25) is 10.1 Å². The summed E-state index contributed by atoms with van der Waals surface area (Å²) < 4.78 is 5.81. The van der Waals surface area contributed by atoms with E-state index in [1.165, 1.54) is 12.1 Å². The molecule has 0 bridgehead atoms. The molecule has 3 aromatic carbocycles. The molecule has 1 aromatic heterocycles. The number of aliphatic hydroxyl groups is 1. The molecule has 2 aliphatic rings. The van der Waals surface area contributed by atoms with Gasteiger partial charge in [0.2, 0.25) is 5.56 Å². The number of carbonyl (C=O) groups is 1. The van der Waals surface area contributed by atoms with E-state index in [0.29, 0.717) is 28.9 Å². The number of para-hydroxylation sites is 1. The van der Waals surface area contributed by atoms with Crippen LogP contribution < -0.4 is 16.2 Å². The Morgan fingerprint density at radius 1 is 0.875 bits per heavy atom. The first-order chi connectivity index (χ1) is 23.4. The van der Waals surface area contributed by atoms with Gasteiger partial charge in [-0.25, -0.2) is 4.79 Å². The Bertz CT molecular complexity index is 1700. The minimum Gasteiger partial charge on any atom is -0.506 e. The largest absolute Gasteiger partial charge is 0.506 e. The van der Waals surface area contributed by atoms with Crippen molar-refractivity contribution >= 4 is 22.7 Å². The average molecular weight is 654 g/mol. The first-order valence-electron chi connectivity index (χ1n) is 17.2. The smallest absolute Gasteiger partial charge is 0.411 e. The molecule has 10 heteroatoms. The van der Waals surface area contributed by atoms with Crippen LogP contribution in [0.15, 0.2) is 83.7 Å². The van der Waals surface area contributed by atoms with Gasteiger partial charge in [-0.15, -0.1) is 0 Å². The number of aromatic hydroxyl groups is 1. The molecule has 2 fully saturated rings. The van der Waals surface area contributed by atoms with Crippen molar-refractivity contribution in [3.8, 4) is 16.9 Å². The monoisotopic (exact) mass is 653 g/mol. The summed E-state index contributed by atoms with van der Waals surface area (Å²) in [6, 6.07) is 24.1. The number of hydrogen-bond donors (Lipinski definition) is 5. The Labute approximate surface area is 281 Å². The molecule has 254 valence electrons. The number of pyridine rings is 1. The molecule has 48 heavy (non-hydrogen) atoms. The fraction of sp³-hybridized carbons (Fsp3) is 0.421. The number of amides is 1. The van der Waals surface area contributed by atoms with Gasteiger partial charge in [-0.1, -0.05) is 54.6 Å². The molecule has 1 amide bonds. The maximum absolute atomic E-state index is 12.7. The lowest BCUT2D eigenvalue weighted by atomic mass is 9.96. The van der Waals surface area contributed by atoms with E-state index in [9.17, 15) is 19.8 Å². The number of anilines is 1. The molecular weight excluding hydrogens is 606 g/mol. The van der Waals surface area contributed by atoms with Crippen molar-refractivity contribution in [1.82, 2.24) is 20.1 Å². The Morgan fingerprint density at radius 3 is 2.31 bits per heavy atom. The summed E-state index contributed by atoms with van der Waals surface area (Å²) in [6.45, 7) is 7.47. The van der Waals surface area contributed by atoms with Gasteiger partial charge < -0.3 is 35.1 Å². The van der Waals surface area contributed by atoms with E-state index in [4.69, 9.17) is 4.74 Å². The lowest BCUT2D eigenvalue weighted by Gasteiger charge is -2.34. The molecule has 2 saturated heterocycles. The quantitative estimate of drug-likeness (QED) is 0.139. The molecule has 5 N–H and O–H groups in total. The normalized spacial score (nSPS) is 17.4. The van der Waals surface area contributed by atoms with E-state index in [1.807, 2.05) is 54.6 Å². The van der Waals surface area contributed by atoms with Crippen molar-refractivity contribution in [3.05, 3.63) is 94.8 Å². The third kappa shape index (κ3) is 8.82. The van der Waals surface area contributed by atoms with Gasteiger partial charge in [0.1, 0.15) is 11.9 Å². The second-order valence-electron chi connectivity index (χ2n) is 13.1. The number of benzene rings is 3. The molecular formula is C38H47N5O5. The number of carbonyl (C=O) groups excluding carboxylic acids is 1. The molecule has 1 atom stereocenters. The molecule has 4 aromatic rings. The number of phenolic OH excluding ortho intramolecular Hbond substituents is 1. The van der Waals surface area contributed by atoms with E-state index in [0.717, 1.165) is 94.7 Å². The van der Waals surface area contributed by atoms with Crippen molar-refractivity contribution in [3.63, 3.8) is 0 Å². The van der Waals surface area contributed by atoms with Gasteiger partial charge in [-0.2, -0.15) is 0 Å². The van der Waals surface area contributed by atoms with Gasteiger partial charge in [0.25, 0.3) is 0 Å². The number of aromatic nitrogens is 1. The van der Waals surface area contributed by atoms with Crippen LogP contribution in [0.1, 0.15) is 43.8 Å². The maximum atomic E-state index is 12.7. The van der Waals surface area contributed by atoms with Crippen LogP contribution in [0.5, 0.6) is 5.75 Å². The van der Waals surface area contributed by atoms with Crippen LogP contribution >= 0.6 is 0 Å². The second kappa shape index (κ2) is 16.3. The highest BCUT2D eigenvalue weighted by Crippen LogP contribution is 2.30. The Balaban J connectivity index is 0.841. The molecule has 0 saturated carbocycles. The standard InChI is InChI=1S/C38H47N5O5/c44-34-13-11-31(32-12-14-36(46)41-37(32)34)35(45)26-39-25-27-15-21-42(22-16-27)19-6-20-43-23-17-29(18-24-43)48-38(47)40-33-10-5-4-9-30(33)28-7-2-1-3-8-28/h1-5,7-14,27,29,35,39,44-45H,6,15-26H2,(H,40,47)(H,41,46)/t35-/m1/s1. The topological polar surface area (TPSA) is 130 Å². The van der Waals surface area contributed by atoms with Gasteiger partial charge in [-0.05, 0) is 100 Å². The summed E-state index contributed by atoms with van der Waals surface area (Å²) in [5.41, 5.74) is 3.53. The number of fused-ring (bicyclic) bond motifs is 1. The van der Waals surface area contributed by atoms with E-state index >= 15 is 0 Å². The number of ether oxygens (including phenoxy) is 1. The predicted octanol–water partition coefficient (Wildman–Crippen LogP) is 5.34. The molecule has 0 unspecified atom stereocenters. The molecule has 0 radical (unpaired) electrons. The van der Waals surface area contributed by atoms with Crippen molar-refractivity contribution < 1.29 is 19.7 Å². The van der Waals surface area contributed by atoms with Crippen molar-refractivity contribution in [2.24, 2.45) is 5.92 Å². The number of piperidine rings is 2.